The molecule has 6 heteroatoms. The van der Waals surface area contributed by atoms with Crippen molar-refractivity contribution in [2.75, 3.05) is 11.6 Å². The van der Waals surface area contributed by atoms with Gasteiger partial charge in [0.25, 0.3) is 0 Å². The molecule has 0 fully saturated rings. The summed E-state index contributed by atoms with van der Waals surface area (Å²) in [7, 11) is -3.30. The van der Waals surface area contributed by atoms with Crippen LogP contribution in [0.5, 0.6) is 0 Å². The molecule has 0 aliphatic rings. The van der Waals surface area contributed by atoms with Crippen molar-refractivity contribution in [2.24, 2.45) is 0 Å². The van der Waals surface area contributed by atoms with Crippen LogP contribution in [-0.4, -0.2) is 30.6 Å². The number of nitrogens with zero attached hydrogens (tertiary/aromatic N) is 1. The smallest absolute Gasteiger partial charge is 0.179 e. The van der Waals surface area contributed by atoms with Crippen molar-refractivity contribution < 1.29 is 8.42 Å². The monoisotopic (exact) mass is 276 g/mol. The van der Waals surface area contributed by atoms with Gasteiger partial charge in [-0.2, -0.15) is 0 Å². The van der Waals surface area contributed by atoms with E-state index in [0.717, 1.165) is 6.26 Å². The van der Waals surface area contributed by atoms with Crippen molar-refractivity contribution >= 4 is 27.3 Å². The van der Waals surface area contributed by atoms with Gasteiger partial charge < -0.3 is 5.32 Å². The highest BCUT2D eigenvalue weighted by molar-refractivity contribution is 7.90. The Balaban J connectivity index is 3.17. The Bertz CT molecular complexity index is 498. The van der Waals surface area contributed by atoms with Gasteiger partial charge in [-0.3, -0.25) is 0 Å². The Labute approximate surface area is 107 Å². The van der Waals surface area contributed by atoms with Gasteiger partial charge >= 0.3 is 0 Å². The fourth-order valence-electron chi connectivity index (χ4n) is 1.19. The first-order chi connectivity index (χ1) is 7.64. The molecule has 0 saturated heterocycles. The summed E-state index contributed by atoms with van der Waals surface area (Å²) >= 11 is 6.05. The van der Waals surface area contributed by atoms with Gasteiger partial charge in [-0.05, 0) is 32.9 Å². The van der Waals surface area contributed by atoms with Crippen LogP contribution in [0.3, 0.4) is 0 Å². The zero-order chi connectivity index (χ0) is 13.3. The molecule has 1 rings (SSSR count). The molecule has 1 atom stereocenters. The van der Waals surface area contributed by atoms with E-state index in [9.17, 15) is 8.42 Å². The number of aromatic nitrogens is 1. The molecular formula is C11H17ClN2O2S. The lowest BCUT2D eigenvalue weighted by molar-refractivity contribution is 0.549. The summed E-state index contributed by atoms with van der Waals surface area (Å²) in [4.78, 5) is 4.25. The normalized spacial score (nSPS) is 14.4. The molecule has 1 heterocycles. The highest BCUT2D eigenvalue weighted by Gasteiger charge is 2.26. The third-order valence-corrected chi connectivity index (χ3v) is 4.28. The van der Waals surface area contributed by atoms with Crippen molar-refractivity contribution in [2.45, 2.75) is 36.6 Å². The van der Waals surface area contributed by atoms with Gasteiger partial charge in [-0.1, -0.05) is 0 Å². The SMILES string of the molecule is CC(Cl)C(C)(C)Nc1ncccc1S(C)(=O)=O. The molecule has 1 aromatic heterocycles. The van der Waals surface area contributed by atoms with E-state index in [-0.39, 0.29) is 10.3 Å². The van der Waals surface area contributed by atoms with Crippen LogP contribution in [0.15, 0.2) is 23.2 Å². The quantitative estimate of drug-likeness (QED) is 0.858. The third-order valence-electron chi connectivity index (χ3n) is 2.61. The average molecular weight is 277 g/mol. The second kappa shape index (κ2) is 4.82. The number of halogens is 1. The van der Waals surface area contributed by atoms with Crippen LogP contribution in [0.25, 0.3) is 0 Å². The van der Waals surface area contributed by atoms with Gasteiger partial charge in [0.05, 0.1) is 5.38 Å². The molecule has 17 heavy (non-hydrogen) atoms. The van der Waals surface area contributed by atoms with Crippen LogP contribution in [0, 0.1) is 0 Å². The fourth-order valence-corrected chi connectivity index (χ4v) is 2.02. The maximum absolute atomic E-state index is 11.6. The number of pyridine rings is 1. The summed E-state index contributed by atoms with van der Waals surface area (Å²) < 4.78 is 23.2. The van der Waals surface area contributed by atoms with E-state index in [2.05, 4.69) is 10.3 Å². The number of hydrogen-bond acceptors (Lipinski definition) is 4. The molecule has 0 amide bonds. The van der Waals surface area contributed by atoms with E-state index in [1.54, 1.807) is 12.3 Å². The number of alkyl halides is 1. The fraction of sp³-hybridized carbons (Fsp3) is 0.545. The lowest BCUT2D eigenvalue weighted by Crippen LogP contribution is -2.39. The Morgan fingerprint density at radius 3 is 2.53 bits per heavy atom. The zero-order valence-electron chi connectivity index (χ0n) is 10.4. The first-order valence-corrected chi connectivity index (χ1v) is 7.54. The second-order valence-electron chi connectivity index (χ2n) is 4.59. The predicted octanol–water partition coefficient (Wildman–Crippen LogP) is 2.30. The summed E-state index contributed by atoms with van der Waals surface area (Å²) in [5, 5.41) is 2.90. The minimum atomic E-state index is -3.30. The molecule has 0 bridgehead atoms. The molecule has 0 radical (unpaired) electrons. The standard InChI is InChI=1S/C11H17ClN2O2S/c1-8(12)11(2,3)14-10-9(17(4,15)16)6-5-7-13-10/h5-8H,1-4H3,(H,13,14). The molecule has 1 N–H and O–H groups in total. The minimum absolute atomic E-state index is 0.170. The molecule has 0 saturated carbocycles. The molecule has 1 aromatic rings. The Hall–Kier alpha value is -0.810. The number of rotatable bonds is 4. The van der Waals surface area contributed by atoms with Crippen molar-refractivity contribution in [3.05, 3.63) is 18.3 Å². The Kier molecular flexibility index (Phi) is 4.04. The van der Waals surface area contributed by atoms with Crippen molar-refractivity contribution in [1.29, 1.82) is 0 Å². The summed E-state index contributed by atoms with van der Waals surface area (Å²) in [6.45, 7) is 5.63. The molecular weight excluding hydrogens is 260 g/mol. The Morgan fingerprint density at radius 2 is 2.06 bits per heavy atom. The Morgan fingerprint density at radius 1 is 1.47 bits per heavy atom. The van der Waals surface area contributed by atoms with Crippen LogP contribution < -0.4 is 5.32 Å². The van der Waals surface area contributed by atoms with Gasteiger partial charge in [-0.15, -0.1) is 11.6 Å². The van der Waals surface area contributed by atoms with Crippen molar-refractivity contribution in [1.82, 2.24) is 4.98 Å². The molecule has 0 spiro atoms. The predicted molar refractivity (Wildman–Crippen MR) is 70.4 cm³/mol. The van der Waals surface area contributed by atoms with Gasteiger partial charge in [-0.25, -0.2) is 13.4 Å². The van der Waals surface area contributed by atoms with Gasteiger partial charge in [0.1, 0.15) is 10.7 Å². The average Bonchev–Trinajstić information content (AvgIpc) is 2.15. The summed E-state index contributed by atoms with van der Waals surface area (Å²) in [5.74, 6) is 0.340. The first kappa shape index (κ1) is 14.3. The topological polar surface area (TPSA) is 59.1 Å². The number of nitrogens with one attached hydrogen (secondary N) is 1. The van der Waals surface area contributed by atoms with E-state index in [4.69, 9.17) is 11.6 Å². The first-order valence-electron chi connectivity index (χ1n) is 5.22. The molecule has 1 unspecified atom stereocenters. The lowest BCUT2D eigenvalue weighted by atomic mass is 10.0. The number of sulfone groups is 1. The van der Waals surface area contributed by atoms with Crippen molar-refractivity contribution in [3.8, 4) is 0 Å². The molecule has 0 aliphatic carbocycles. The van der Waals surface area contributed by atoms with Crippen LogP contribution in [0.4, 0.5) is 5.82 Å². The zero-order valence-corrected chi connectivity index (χ0v) is 11.9. The summed E-state index contributed by atoms with van der Waals surface area (Å²) in [6, 6.07) is 3.12. The highest BCUT2D eigenvalue weighted by Crippen LogP contribution is 2.25. The van der Waals surface area contributed by atoms with Gasteiger partial charge in [0, 0.05) is 18.0 Å². The number of anilines is 1. The largest absolute Gasteiger partial charge is 0.363 e. The maximum atomic E-state index is 11.6. The van der Waals surface area contributed by atoms with Gasteiger partial charge in [0.15, 0.2) is 9.84 Å². The highest BCUT2D eigenvalue weighted by atomic mass is 35.5. The third kappa shape index (κ3) is 3.57. The number of hydrogen-bond donors (Lipinski definition) is 1. The van der Waals surface area contributed by atoms with E-state index >= 15 is 0 Å². The van der Waals surface area contributed by atoms with E-state index < -0.39 is 15.4 Å². The molecule has 4 nitrogen and oxygen atoms in total. The second-order valence-corrected chi connectivity index (χ2v) is 7.22. The maximum Gasteiger partial charge on any atom is 0.179 e. The van der Waals surface area contributed by atoms with Gasteiger partial charge in [0.2, 0.25) is 0 Å². The van der Waals surface area contributed by atoms with Crippen molar-refractivity contribution in [3.63, 3.8) is 0 Å². The van der Waals surface area contributed by atoms with Crippen LogP contribution in [0.2, 0.25) is 0 Å². The van der Waals surface area contributed by atoms with E-state index in [1.165, 1.54) is 6.07 Å². The summed E-state index contributed by atoms with van der Waals surface area (Å²) in [6.07, 6.45) is 2.71. The summed E-state index contributed by atoms with van der Waals surface area (Å²) in [5.41, 5.74) is -0.449. The van der Waals surface area contributed by atoms with Crippen LogP contribution in [-0.2, 0) is 9.84 Å². The molecule has 0 aliphatic heterocycles. The van der Waals surface area contributed by atoms with Crippen LogP contribution in [0.1, 0.15) is 20.8 Å². The lowest BCUT2D eigenvalue weighted by Gasteiger charge is -2.30. The molecule has 96 valence electrons. The minimum Gasteiger partial charge on any atom is -0.363 e. The van der Waals surface area contributed by atoms with E-state index in [0.29, 0.717) is 5.82 Å². The molecule has 0 aromatic carbocycles. The van der Waals surface area contributed by atoms with E-state index in [1.807, 2.05) is 20.8 Å². The van der Waals surface area contributed by atoms with Crippen LogP contribution >= 0.6 is 11.6 Å².